The minimum Gasteiger partial charge on any atom is -0.371 e. The number of nitrogens with one attached hydrogen (secondary N) is 2. The van der Waals surface area contributed by atoms with Gasteiger partial charge in [-0.2, -0.15) is 0 Å². The Bertz CT molecular complexity index is 427. The van der Waals surface area contributed by atoms with E-state index in [4.69, 9.17) is 0 Å². The van der Waals surface area contributed by atoms with Gasteiger partial charge < -0.3 is 15.5 Å². The second kappa shape index (κ2) is 6.41. The average molecular weight is 262 g/mol. The highest BCUT2D eigenvalue weighted by Gasteiger charge is 2.24. The molecule has 0 spiro atoms. The summed E-state index contributed by atoms with van der Waals surface area (Å²) < 4.78 is 0. The predicted molar refractivity (Wildman–Crippen MR) is 77.4 cm³/mol. The second-order valence-corrected chi connectivity index (χ2v) is 4.81. The molecule has 0 saturated carbocycles. The van der Waals surface area contributed by atoms with Gasteiger partial charge in [0.05, 0.1) is 0 Å². The monoisotopic (exact) mass is 262 g/mol. The molecule has 1 aromatic heterocycles. The van der Waals surface area contributed by atoms with Gasteiger partial charge in [-0.1, -0.05) is 0 Å². The van der Waals surface area contributed by atoms with Gasteiger partial charge in [-0.15, -0.1) is 0 Å². The zero-order chi connectivity index (χ0) is 13.7. The minimum atomic E-state index is 0.163. The highest BCUT2D eigenvalue weighted by atomic mass is 16.1. The molecule has 0 atom stereocenters. The molecule has 1 amide bonds. The van der Waals surface area contributed by atoms with Crippen molar-refractivity contribution in [1.82, 2.24) is 10.3 Å². The van der Waals surface area contributed by atoms with E-state index in [2.05, 4.69) is 33.5 Å². The van der Waals surface area contributed by atoms with Crippen molar-refractivity contribution in [2.75, 3.05) is 36.9 Å². The lowest BCUT2D eigenvalue weighted by atomic mass is 9.95. The van der Waals surface area contributed by atoms with Crippen LogP contribution in [0, 0.1) is 5.92 Å². The molecule has 0 bridgehead atoms. The van der Waals surface area contributed by atoms with Crippen LogP contribution in [0.25, 0.3) is 0 Å². The number of aromatic nitrogens is 1. The van der Waals surface area contributed by atoms with E-state index in [9.17, 15) is 4.79 Å². The third-order valence-electron chi connectivity index (χ3n) is 3.58. The summed E-state index contributed by atoms with van der Waals surface area (Å²) in [5.41, 5.74) is 1.18. The maximum absolute atomic E-state index is 11.6. The number of anilines is 2. The van der Waals surface area contributed by atoms with Crippen molar-refractivity contribution in [3.63, 3.8) is 0 Å². The number of nitrogens with zero attached hydrogens (tertiary/aromatic N) is 2. The molecule has 5 heteroatoms. The smallest absolute Gasteiger partial charge is 0.222 e. The van der Waals surface area contributed by atoms with Crippen LogP contribution in [0.3, 0.4) is 0 Å². The van der Waals surface area contributed by atoms with Crippen molar-refractivity contribution in [2.45, 2.75) is 19.8 Å². The molecule has 0 radical (unpaired) electrons. The third-order valence-corrected chi connectivity index (χ3v) is 3.58. The topological polar surface area (TPSA) is 57.3 Å². The van der Waals surface area contributed by atoms with Gasteiger partial charge in [0.15, 0.2) is 0 Å². The Morgan fingerprint density at radius 2 is 2.21 bits per heavy atom. The summed E-state index contributed by atoms with van der Waals surface area (Å²) in [6, 6.07) is 4.10. The molecule has 1 aliphatic rings. The largest absolute Gasteiger partial charge is 0.371 e. The lowest BCUT2D eigenvalue weighted by Crippen LogP contribution is -2.39. The quantitative estimate of drug-likeness (QED) is 0.863. The molecule has 1 aliphatic heterocycles. The molecule has 1 fully saturated rings. The number of hydrogen-bond donors (Lipinski definition) is 2. The highest BCUT2D eigenvalue weighted by Crippen LogP contribution is 2.24. The van der Waals surface area contributed by atoms with Gasteiger partial charge in [-0.3, -0.25) is 4.79 Å². The number of hydrogen-bond acceptors (Lipinski definition) is 4. The van der Waals surface area contributed by atoms with Crippen LogP contribution in [0.1, 0.15) is 19.8 Å². The number of rotatable bonds is 4. The molecule has 1 aromatic rings. The van der Waals surface area contributed by atoms with Crippen LogP contribution in [0.15, 0.2) is 18.3 Å². The van der Waals surface area contributed by atoms with E-state index in [0.717, 1.165) is 38.3 Å². The van der Waals surface area contributed by atoms with E-state index >= 15 is 0 Å². The maximum Gasteiger partial charge on any atom is 0.222 e. The van der Waals surface area contributed by atoms with Gasteiger partial charge in [-0.05, 0) is 25.8 Å². The highest BCUT2D eigenvalue weighted by molar-refractivity contribution is 5.78. The Kier molecular flexibility index (Phi) is 4.60. The Morgan fingerprint density at radius 1 is 1.47 bits per heavy atom. The molecule has 104 valence electrons. The van der Waals surface area contributed by atoms with Gasteiger partial charge >= 0.3 is 0 Å². The Labute approximate surface area is 114 Å². The first-order chi connectivity index (χ1) is 9.24. The molecule has 19 heavy (non-hydrogen) atoms. The maximum atomic E-state index is 11.6. The van der Waals surface area contributed by atoms with Crippen molar-refractivity contribution in [3.8, 4) is 0 Å². The van der Waals surface area contributed by atoms with Crippen LogP contribution in [-0.2, 0) is 4.79 Å². The van der Waals surface area contributed by atoms with Crippen LogP contribution in [-0.4, -0.2) is 37.6 Å². The summed E-state index contributed by atoms with van der Waals surface area (Å²) in [5.74, 6) is 1.24. The van der Waals surface area contributed by atoms with E-state index in [0.29, 0.717) is 0 Å². The van der Waals surface area contributed by atoms with Gasteiger partial charge in [0.2, 0.25) is 5.91 Å². The lowest BCUT2D eigenvalue weighted by Gasteiger charge is -2.32. The zero-order valence-electron chi connectivity index (χ0n) is 11.6. The van der Waals surface area contributed by atoms with Gasteiger partial charge in [-0.25, -0.2) is 4.98 Å². The molecule has 2 rings (SSSR count). The zero-order valence-corrected chi connectivity index (χ0v) is 11.6. The van der Waals surface area contributed by atoms with Gasteiger partial charge in [0.1, 0.15) is 5.82 Å². The molecule has 1 saturated heterocycles. The van der Waals surface area contributed by atoms with Crippen LogP contribution >= 0.6 is 0 Å². The first-order valence-corrected chi connectivity index (χ1v) is 6.91. The number of piperidine rings is 1. The molecule has 0 aliphatic carbocycles. The number of carbonyl (C=O) groups excluding carboxylic acids is 1. The fourth-order valence-corrected chi connectivity index (χ4v) is 2.50. The Balaban J connectivity index is 1.97. The summed E-state index contributed by atoms with van der Waals surface area (Å²) >= 11 is 0. The fraction of sp³-hybridized carbons (Fsp3) is 0.571. The number of carbonyl (C=O) groups is 1. The normalized spacial score (nSPS) is 16.2. The Morgan fingerprint density at radius 3 is 2.84 bits per heavy atom. The van der Waals surface area contributed by atoms with Crippen molar-refractivity contribution in [1.29, 1.82) is 0 Å². The van der Waals surface area contributed by atoms with Crippen molar-refractivity contribution >= 4 is 17.4 Å². The molecule has 2 N–H and O–H groups in total. The summed E-state index contributed by atoms with van der Waals surface area (Å²) in [6.07, 6.45) is 3.66. The van der Waals surface area contributed by atoms with Crippen LogP contribution in [0.5, 0.6) is 0 Å². The molecular formula is C14H22N4O. The summed E-state index contributed by atoms with van der Waals surface area (Å²) in [4.78, 5) is 18.2. The van der Waals surface area contributed by atoms with E-state index in [1.54, 1.807) is 7.05 Å². The van der Waals surface area contributed by atoms with Gasteiger partial charge in [0, 0.05) is 50.6 Å². The van der Waals surface area contributed by atoms with E-state index in [1.807, 2.05) is 12.3 Å². The average Bonchev–Trinajstić information content (AvgIpc) is 2.47. The van der Waals surface area contributed by atoms with Crippen molar-refractivity contribution < 1.29 is 4.79 Å². The first-order valence-electron chi connectivity index (χ1n) is 6.91. The predicted octanol–water partition coefficient (Wildman–Crippen LogP) is 1.48. The number of amides is 1. The fourth-order valence-electron chi connectivity index (χ4n) is 2.50. The lowest BCUT2D eigenvalue weighted by molar-refractivity contribution is -0.125. The van der Waals surface area contributed by atoms with Crippen molar-refractivity contribution in [2.24, 2.45) is 5.92 Å². The Hall–Kier alpha value is -1.78. The molecule has 0 unspecified atom stereocenters. The van der Waals surface area contributed by atoms with Crippen LogP contribution < -0.4 is 15.5 Å². The third kappa shape index (κ3) is 3.36. The minimum absolute atomic E-state index is 0.163. The standard InChI is InChI=1S/C14H22N4O/c1-3-16-13-10-12(4-7-17-13)18-8-5-11(6-9-18)14(19)15-2/h4,7,10-11H,3,5-6,8-9H2,1-2H3,(H,15,19)(H,16,17). The molecule has 0 aromatic carbocycles. The van der Waals surface area contributed by atoms with Gasteiger partial charge in [0.25, 0.3) is 0 Å². The van der Waals surface area contributed by atoms with E-state index < -0.39 is 0 Å². The number of pyridine rings is 1. The second-order valence-electron chi connectivity index (χ2n) is 4.81. The van der Waals surface area contributed by atoms with Crippen LogP contribution in [0.4, 0.5) is 11.5 Å². The summed E-state index contributed by atoms with van der Waals surface area (Å²) in [7, 11) is 1.71. The van der Waals surface area contributed by atoms with Crippen molar-refractivity contribution in [3.05, 3.63) is 18.3 Å². The summed E-state index contributed by atoms with van der Waals surface area (Å²) in [6.45, 7) is 4.78. The molecular weight excluding hydrogens is 240 g/mol. The van der Waals surface area contributed by atoms with E-state index in [-0.39, 0.29) is 11.8 Å². The first kappa shape index (κ1) is 13.6. The summed E-state index contributed by atoms with van der Waals surface area (Å²) in [5, 5.41) is 5.96. The molecule has 2 heterocycles. The molecule has 5 nitrogen and oxygen atoms in total. The SMILES string of the molecule is CCNc1cc(N2CCC(C(=O)NC)CC2)ccn1. The van der Waals surface area contributed by atoms with Crippen LogP contribution in [0.2, 0.25) is 0 Å². The van der Waals surface area contributed by atoms with E-state index in [1.165, 1.54) is 5.69 Å².